The third kappa shape index (κ3) is 1.35. The number of carboxylic acid groups (broad SMARTS) is 1. The molecule has 0 aromatic rings. The second-order valence-corrected chi connectivity index (χ2v) is 5.51. The Kier molecular flexibility index (Phi) is 2.32. The number of rotatable bonds is 1. The molecule has 80 valence electrons. The first-order valence-corrected chi connectivity index (χ1v) is 5.77. The highest BCUT2D eigenvalue weighted by molar-refractivity contribution is 5.71. The lowest BCUT2D eigenvalue weighted by molar-refractivity contribution is -0.143. The molecule has 2 nitrogen and oxygen atoms in total. The van der Waals surface area contributed by atoms with E-state index in [1.807, 2.05) is 0 Å². The van der Waals surface area contributed by atoms with Gasteiger partial charge in [-0.15, -0.1) is 0 Å². The summed E-state index contributed by atoms with van der Waals surface area (Å²) in [7, 11) is 0. The molecule has 2 saturated carbocycles. The Morgan fingerprint density at radius 3 is 2.71 bits per heavy atom. The largest absolute Gasteiger partial charge is 0.481 e. The van der Waals surface area contributed by atoms with Gasteiger partial charge in [-0.2, -0.15) is 0 Å². The highest BCUT2D eigenvalue weighted by atomic mass is 16.4. The lowest BCUT2D eigenvalue weighted by Gasteiger charge is -2.37. The minimum Gasteiger partial charge on any atom is -0.481 e. The van der Waals surface area contributed by atoms with Crippen LogP contribution in [0.3, 0.4) is 0 Å². The fourth-order valence-electron chi connectivity index (χ4n) is 3.86. The summed E-state index contributed by atoms with van der Waals surface area (Å²) >= 11 is 0. The zero-order valence-corrected chi connectivity index (χ0v) is 9.12. The topological polar surface area (TPSA) is 37.3 Å². The average Bonchev–Trinajstić information content (AvgIpc) is 2.39. The molecule has 0 bridgehead atoms. The maximum Gasteiger partial charge on any atom is 0.306 e. The summed E-state index contributed by atoms with van der Waals surface area (Å²) in [4.78, 5) is 11.1. The predicted octanol–water partition coefficient (Wildman–Crippen LogP) is 2.92. The van der Waals surface area contributed by atoms with Crippen molar-refractivity contribution in [2.24, 2.45) is 23.2 Å². The van der Waals surface area contributed by atoms with E-state index >= 15 is 0 Å². The molecule has 2 fully saturated rings. The summed E-state index contributed by atoms with van der Waals surface area (Å²) in [5.74, 6) is 0.395. The zero-order chi connectivity index (χ0) is 10.3. The average molecular weight is 196 g/mol. The quantitative estimate of drug-likeness (QED) is 0.700. The maximum absolute atomic E-state index is 11.1. The Hall–Kier alpha value is -0.530. The molecular weight excluding hydrogens is 176 g/mol. The molecule has 0 aromatic heterocycles. The fraction of sp³-hybridized carbons (Fsp3) is 0.917. The molecule has 0 aromatic carbocycles. The molecular formula is C12H20O2. The van der Waals surface area contributed by atoms with Crippen molar-refractivity contribution in [3.05, 3.63) is 0 Å². The number of carboxylic acids is 1. The Morgan fingerprint density at radius 1 is 1.43 bits per heavy atom. The second-order valence-electron chi connectivity index (χ2n) is 5.51. The lowest BCUT2D eigenvalue weighted by Crippen LogP contribution is -2.28. The number of hydrogen-bond donors (Lipinski definition) is 1. The normalized spacial score (nSPS) is 47.4. The van der Waals surface area contributed by atoms with Gasteiger partial charge in [-0.3, -0.25) is 4.79 Å². The van der Waals surface area contributed by atoms with Gasteiger partial charge in [-0.1, -0.05) is 26.7 Å². The van der Waals surface area contributed by atoms with Gasteiger partial charge in [0.15, 0.2) is 0 Å². The minimum absolute atomic E-state index is 0.0805. The molecule has 0 spiro atoms. The summed E-state index contributed by atoms with van der Waals surface area (Å²) in [5.41, 5.74) is 0.334. The van der Waals surface area contributed by atoms with Crippen LogP contribution in [0.4, 0.5) is 0 Å². The molecule has 0 radical (unpaired) electrons. The van der Waals surface area contributed by atoms with Crippen LogP contribution in [-0.4, -0.2) is 11.1 Å². The van der Waals surface area contributed by atoms with Crippen molar-refractivity contribution in [1.29, 1.82) is 0 Å². The molecule has 0 amide bonds. The van der Waals surface area contributed by atoms with Crippen molar-refractivity contribution in [3.8, 4) is 0 Å². The summed E-state index contributed by atoms with van der Waals surface area (Å²) in [6.07, 6.45) is 6.00. The minimum atomic E-state index is -0.576. The molecule has 1 N–H and O–H groups in total. The van der Waals surface area contributed by atoms with Crippen molar-refractivity contribution < 1.29 is 9.90 Å². The van der Waals surface area contributed by atoms with Crippen molar-refractivity contribution in [1.82, 2.24) is 0 Å². The van der Waals surface area contributed by atoms with E-state index in [-0.39, 0.29) is 5.92 Å². The van der Waals surface area contributed by atoms with E-state index in [1.165, 1.54) is 25.7 Å². The molecule has 2 heteroatoms. The third-order valence-corrected chi connectivity index (χ3v) is 4.68. The van der Waals surface area contributed by atoms with Crippen LogP contribution in [0.2, 0.25) is 0 Å². The van der Waals surface area contributed by atoms with Crippen molar-refractivity contribution in [2.75, 3.05) is 0 Å². The molecule has 2 aliphatic carbocycles. The summed E-state index contributed by atoms with van der Waals surface area (Å²) in [6.45, 7) is 4.44. The molecule has 2 aliphatic rings. The zero-order valence-electron chi connectivity index (χ0n) is 9.12. The predicted molar refractivity (Wildman–Crippen MR) is 55.0 cm³/mol. The molecule has 4 unspecified atom stereocenters. The molecule has 4 atom stereocenters. The number of carbonyl (C=O) groups is 1. The van der Waals surface area contributed by atoms with Gasteiger partial charge in [0.1, 0.15) is 0 Å². The first-order chi connectivity index (χ1) is 6.54. The molecule has 0 aliphatic heterocycles. The van der Waals surface area contributed by atoms with Crippen molar-refractivity contribution in [2.45, 2.75) is 46.0 Å². The van der Waals surface area contributed by atoms with E-state index < -0.39 is 5.97 Å². The van der Waals surface area contributed by atoms with E-state index in [1.54, 1.807) is 0 Å². The van der Waals surface area contributed by atoms with Crippen LogP contribution in [0, 0.1) is 23.2 Å². The van der Waals surface area contributed by atoms with Gasteiger partial charge in [0.05, 0.1) is 5.92 Å². The highest BCUT2D eigenvalue weighted by Gasteiger charge is 2.51. The van der Waals surface area contributed by atoms with Crippen LogP contribution in [0.25, 0.3) is 0 Å². The van der Waals surface area contributed by atoms with E-state index in [0.717, 1.165) is 6.42 Å². The number of hydrogen-bond acceptors (Lipinski definition) is 1. The fourth-order valence-corrected chi connectivity index (χ4v) is 3.86. The first kappa shape index (κ1) is 10.0. The van der Waals surface area contributed by atoms with E-state index in [2.05, 4.69) is 13.8 Å². The van der Waals surface area contributed by atoms with Crippen LogP contribution >= 0.6 is 0 Å². The maximum atomic E-state index is 11.1. The lowest BCUT2D eigenvalue weighted by atomic mass is 9.68. The second kappa shape index (κ2) is 3.25. The van der Waals surface area contributed by atoms with E-state index in [4.69, 9.17) is 5.11 Å². The Bertz CT molecular complexity index is 249. The molecule has 0 saturated heterocycles. The first-order valence-electron chi connectivity index (χ1n) is 5.77. The third-order valence-electron chi connectivity index (χ3n) is 4.68. The van der Waals surface area contributed by atoms with Crippen LogP contribution in [-0.2, 0) is 4.79 Å². The van der Waals surface area contributed by atoms with Crippen LogP contribution < -0.4 is 0 Å². The monoisotopic (exact) mass is 196 g/mol. The molecule has 14 heavy (non-hydrogen) atoms. The van der Waals surface area contributed by atoms with E-state index in [9.17, 15) is 4.79 Å². The summed E-state index contributed by atoms with van der Waals surface area (Å²) in [5, 5.41) is 9.15. The van der Waals surface area contributed by atoms with Crippen molar-refractivity contribution >= 4 is 5.97 Å². The van der Waals surface area contributed by atoms with Gasteiger partial charge in [-0.05, 0) is 36.5 Å². The number of fused-ring (bicyclic) bond motifs is 1. The van der Waals surface area contributed by atoms with Gasteiger partial charge in [0.2, 0.25) is 0 Å². The smallest absolute Gasteiger partial charge is 0.306 e. The van der Waals surface area contributed by atoms with Gasteiger partial charge in [0.25, 0.3) is 0 Å². The Labute approximate surface area is 85.7 Å². The summed E-state index contributed by atoms with van der Waals surface area (Å²) in [6, 6.07) is 0. The standard InChI is InChI=1S/C12H20O2/c1-8-9(11(13)14)7-12(2)6-4-3-5-10(8)12/h8-10H,3-7H2,1-2H3,(H,13,14). The summed E-state index contributed by atoms with van der Waals surface area (Å²) < 4.78 is 0. The van der Waals surface area contributed by atoms with Gasteiger partial charge < -0.3 is 5.11 Å². The van der Waals surface area contributed by atoms with Gasteiger partial charge in [-0.25, -0.2) is 0 Å². The van der Waals surface area contributed by atoms with Gasteiger partial charge >= 0.3 is 5.97 Å². The van der Waals surface area contributed by atoms with Crippen molar-refractivity contribution in [3.63, 3.8) is 0 Å². The van der Waals surface area contributed by atoms with Crippen LogP contribution in [0.15, 0.2) is 0 Å². The van der Waals surface area contributed by atoms with Crippen LogP contribution in [0.5, 0.6) is 0 Å². The highest BCUT2D eigenvalue weighted by Crippen LogP contribution is 2.56. The number of aliphatic carboxylic acids is 1. The SMILES string of the molecule is CC1C(C(=O)O)CC2(C)CCCCC12. The van der Waals surface area contributed by atoms with Crippen LogP contribution in [0.1, 0.15) is 46.0 Å². The molecule has 0 heterocycles. The van der Waals surface area contributed by atoms with Gasteiger partial charge in [0, 0.05) is 0 Å². The molecule has 2 rings (SSSR count). The Balaban J connectivity index is 2.20. The van der Waals surface area contributed by atoms with E-state index in [0.29, 0.717) is 17.3 Å². The Morgan fingerprint density at radius 2 is 2.14 bits per heavy atom.